The van der Waals surface area contributed by atoms with Gasteiger partial charge in [-0.3, -0.25) is 9.59 Å². The highest BCUT2D eigenvalue weighted by atomic mass is 32.2. The van der Waals surface area contributed by atoms with E-state index in [-0.39, 0.29) is 17.2 Å². The van der Waals surface area contributed by atoms with Gasteiger partial charge in [-0.05, 0) is 11.1 Å². The molecule has 0 aromatic heterocycles. The fourth-order valence-electron chi connectivity index (χ4n) is 2.53. The van der Waals surface area contributed by atoms with Gasteiger partial charge in [-0.2, -0.15) is 0 Å². The third-order valence-electron chi connectivity index (χ3n) is 3.49. The number of carbonyl (C=O) groups is 2. The average Bonchev–Trinajstić information content (AvgIpc) is 2.95. The molecule has 1 saturated heterocycles. The van der Waals surface area contributed by atoms with Crippen molar-refractivity contribution in [3.05, 3.63) is 35.4 Å². The number of thioether (sulfide) groups is 1. The predicted molar refractivity (Wildman–Crippen MR) is 71.8 cm³/mol. The zero-order chi connectivity index (χ0) is 13.4. The number of carbonyl (C=O) groups excluding carboxylic acids is 2. The predicted octanol–water partition coefficient (Wildman–Crippen LogP) is 0.586. The summed E-state index contributed by atoms with van der Waals surface area (Å²) >= 11 is 1.10. The van der Waals surface area contributed by atoms with Gasteiger partial charge in [-0.1, -0.05) is 36.0 Å². The standard InChI is InChI=1S/C13H14N2O3S/c16-10-5-7-3-1-2-4-8(7)11(10)15-12(17)9-6-19-13(18)14-9/h1-4,9-11,16H,5-6H2,(H,14,18)(H,15,17)/t9?,10-,11+/m1/s1. The SMILES string of the molecule is O=C1NC(C(=O)N[C@H]2c3ccccc3C[C@H]2O)CS1. The van der Waals surface area contributed by atoms with Gasteiger partial charge in [0, 0.05) is 12.2 Å². The lowest BCUT2D eigenvalue weighted by molar-refractivity contribution is -0.123. The van der Waals surface area contributed by atoms with Crippen LogP contribution >= 0.6 is 11.8 Å². The number of benzene rings is 1. The van der Waals surface area contributed by atoms with Crippen molar-refractivity contribution in [2.45, 2.75) is 24.6 Å². The third-order valence-corrected chi connectivity index (χ3v) is 4.37. The second-order valence-corrected chi connectivity index (χ2v) is 5.74. The minimum Gasteiger partial charge on any atom is -0.390 e. The molecule has 19 heavy (non-hydrogen) atoms. The number of amides is 2. The number of nitrogens with one attached hydrogen (secondary N) is 2. The Bertz CT molecular complexity index is 534. The Labute approximate surface area is 114 Å². The Morgan fingerprint density at radius 3 is 2.95 bits per heavy atom. The molecule has 3 atom stereocenters. The number of aliphatic hydroxyl groups excluding tert-OH is 1. The largest absolute Gasteiger partial charge is 0.390 e. The van der Waals surface area contributed by atoms with Gasteiger partial charge in [0.05, 0.1) is 12.1 Å². The zero-order valence-corrected chi connectivity index (χ0v) is 10.9. The number of fused-ring (bicyclic) bond motifs is 1. The Morgan fingerprint density at radius 2 is 2.21 bits per heavy atom. The molecule has 6 heteroatoms. The summed E-state index contributed by atoms with van der Waals surface area (Å²) in [5.41, 5.74) is 2.02. The van der Waals surface area contributed by atoms with Crippen molar-refractivity contribution in [2.24, 2.45) is 0 Å². The Hall–Kier alpha value is -1.53. The van der Waals surface area contributed by atoms with E-state index in [0.717, 1.165) is 22.9 Å². The van der Waals surface area contributed by atoms with Crippen LogP contribution in [0.25, 0.3) is 0 Å². The van der Waals surface area contributed by atoms with E-state index in [1.54, 1.807) is 0 Å². The summed E-state index contributed by atoms with van der Waals surface area (Å²) in [7, 11) is 0. The van der Waals surface area contributed by atoms with Gasteiger partial charge >= 0.3 is 0 Å². The van der Waals surface area contributed by atoms with E-state index >= 15 is 0 Å². The van der Waals surface area contributed by atoms with Gasteiger partial charge in [-0.15, -0.1) is 0 Å². The van der Waals surface area contributed by atoms with Crippen molar-refractivity contribution in [3.8, 4) is 0 Å². The number of hydrogen-bond donors (Lipinski definition) is 3. The van der Waals surface area contributed by atoms with Crippen LogP contribution in [0.4, 0.5) is 4.79 Å². The second-order valence-electron chi connectivity index (χ2n) is 4.75. The third kappa shape index (κ3) is 2.33. The summed E-state index contributed by atoms with van der Waals surface area (Å²) in [6.45, 7) is 0. The molecule has 3 rings (SSSR count). The van der Waals surface area contributed by atoms with Crippen LogP contribution in [0.3, 0.4) is 0 Å². The summed E-state index contributed by atoms with van der Waals surface area (Å²) in [5.74, 6) is 0.203. The molecule has 1 unspecified atom stereocenters. The minimum absolute atomic E-state index is 0.174. The van der Waals surface area contributed by atoms with Crippen molar-refractivity contribution >= 4 is 22.9 Å². The summed E-state index contributed by atoms with van der Waals surface area (Å²) in [5, 5.41) is 15.3. The highest BCUT2D eigenvalue weighted by molar-refractivity contribution is 8.14. The molecule has 5 nitrogen and oxygen atoms in total. The molecule has 0 radical (unpaired) electrons. The van der Waals surface area contributed by atoms with Crippen molar-refractivity contribution in [2.75, 3.05) is 5.75 Å². The van der Waals surface area contributed by atoms with Crippen LogP contribution in [-0.2, 0) is 11.2 Å². The topological polar surface area (TPSA) is 78.4 Å². The van der Waals surface area contributed by atoms with Crippen LogP contribution in [0.15, 0.2) is 24.3 Å². The van der Waals surface area contributed by atoms with Crippen molar-refractivity contribution < 1.29 is 14.7 Å². The van der Waals surface area contributed by atoms with Crippen molar-refractivity contribution in [1.29, 1.82) is 0 Å². The maximum absolute atomic E-state index is 12.1. The lowest BCUT2D eigenvalue weighted by Gasteiger charge is -2.20. The van der Waals surface area contributed by atoms with Crippen LogP contribution in [0.5, 0.6) is 0 Å². The van der Waals surface area contributed by atoms with E-state index in [4.69, 9.17) is 0 Å². The fraction of sp³-hybridized carbons (Fsp3) is 0.385. The molecule has 0 spiro atoms. The molecule has 0 bridgehead atoms. The summed E-state index contributed by atoms with van der Waals surface area (Å²) in [6.07, 6.45) is -0.0569. The summed E-state index contributed by atoms with van der Waals surface area (Å²) < 4.78 is 0. The van der Waals surface area contributed by atoms with Gasteiger partial charge < -0.3 is 15.7 Å². The van der Waals surface area contributed by atoms with Crippen molar-refractivity contribution in [3.63, 3.8) is 0 Å². The molecule has 1 aromatic carbocycles. The maximum atomic E-state index is 12.1. The highest BCUT2D eigenvalue weighted by Gasteiger charge is 2.35. The zero-order valence-electron chi connectivity index (χ0n) is 10.1. The number of aliphatic hydroxyl groups is 1. The quantitative estimate of drug-likeness (QED) is 0.739. The average molecular weight is 278 g/mol. The molecule has 2 amide bonds. The van der Waals surface area contributed by atoms with E-state index in [1.807, 2.05) is 24.3 Å². The van der Waals surface area contributed by atoms with Crippen LogP contribution in [-0.4, -0.2) is 34.2 Å². The Morgan fingerprint density at radius 1 is 1.42 bits per heavy atom. The molecular formula is C13H14N2O3S. The van der Waals surface area contributed by atoms with E-state index in [0.29, 0.717) is 12.2 Å². The summed E-state index contributed by atoms with van der Waals surface area (Å²) in [4.78, 5) is 23.1. The lowest BCUT2D eigenvalue weighted by Crippen LogP contribution is -2.45. The Kier molecular flexibility index (Phi) is 3.20. The molecule has 2 aliphatic rings. The smallest absolute Gasteiger partial charge is 0.279 e. The molecule has 1 fully saturated rings. The first-order valence-corrected chi connectivity index (χ1v) is 7.13. The van der Waals surface area contributed by atoms with Crippen LogP contribution in [0.2, 0.25) is 0 Å². The molecule has 1 aliphatic heterocycles. The maximum Gasteiger partial charge on any atom is 0.279 e. The fourth-order valence-corrected chi connectivity index (χ4v) is 3.31. The van der Waals surface area contributed by atoms with Gasteiger partial charge in [-0.25, -0.2) is 0 Å². The normalized spacial score (nSPS) is 28.9. The molecular weight excluding hydrogens is 264 g/mol. The van der Waals surface area contributed by atoms with E-state index in [2.05, 4.69) is 10.6 Å². The lowest BCUT2D eigenvalue weighted by atomic mass is 10.1. The van der Waals surface area contributed by atoms with Gasteiger partial charge in [0.25, 0.3) is 5.24 Å². The van der Waals surface area contributed by atoms with Crippen LogP contribution in [0.1, 0.15) is 17.2 Å². The van der Waals surface area contributed by atoms with E-state index in [1.165, 1.54) is 0 Å². The molecule has 1 aromatic rings. The first kappa shape index (κ1) is 12.5. The second kappa shape index (κ2) is 4.86. The monoisotopic (exact) mass is 278 g/mol. The molecule has 0 saturated carbocycles. The Balaban J connectivity index is 1.73. The first-order valence-electron chi connectivity index (χ1n) is 6.14. The number of hydrogen-bond acceptors (Lipinski definition) is 4. The molecule has 100 valence electrons. The van der Waals surface area contributed by atoms with Crippen LogP contribution < -0.4 is 10.6 Å². The van der Waals surface area contributed by atoms with Crippen LogP contribution in [0, 0.1) is 0 Å². The van der Waals surface area contributed by atoms with Gasteiger partial charge in [0.1, 0.15) is 6.04 Å². The summed E-state index contributed by atoms with van der Waals surface area (Å²) in [6, 6.07) is 6.80. The first-order chi connectivity index (χ1) is 9.15. The minimum atomic E-state index is -0.605. The molecule has 3 N–H and O–H groups in total. The number of rotatable bonds is 2. The highest BCUT2D eigenvalue weighted by Crippen LogP contribution is 2.31. The molecule has 1 aliphatic carbocycles. The molecule has 1 heterocycles. The van der Waals surface area contributed by atoms with E-state index < -0.39 is 12.1 Å². The van der Waals surface area contributed by atoms with Gasteiger partial charge in [0.2, 0.25) is 5.91 Å². The van der Waals surface area contributed by atoms with E-state index in [9.17, 15) is 14.7 Å². The van der Waals surface area contributed by atoms with Gasteiger partial charge in [0.15, 0.2) is 0 Å². The van der Waals surface area contributed by atoms with Crippen molar-refractivity contribution in [1.82, 2.24) is 10.6 Å².